The fourth-order valence-corrected chi connectivity index (χ4v) is 2.83. The summed E-state index contributed by atoms with van der Waals surface area (Å²) in [6.45, 7) is 6.92. The first-order valence-electron chi connectivity index (χ1n) is 9.04. The molecule has 0 N–H and O–H groups in total. The minimum atomic E-state index is -0.343. The number of aryl methyl sites for hydroxylation is 1. The summed E-state index contributed by atoms with van der Waals surface area (Å²) < 4.78 is 15.1. The molecule has 0 saturated carbocycles. The van der Waals surface area contributed by atoms with E-state index in [1.165, 1.54) is 12.1 Å². The molecule has 0 saturated heterocycles. The van der Waals surface area contributed by atoms with Gasteiger partial charge in [0.05, 0.1) is 17.9 Å². The number of hydrogen-bond acceptors (Lipinski definition) is 3. The van der Waals surface area contributed by atoms with Crippen LogP contribution in [0.5, 0.6) is 0 Å². The van der Waals surface area contributed by atoms with Gasteiger partial charge in [0.2, 0.25) is 0 Å². The standard InChI is InChI=1S/C21H23FN4O/c1-4-26-20(13-19(24-26)15(2)3)21(27)25(14-17-7-5-6-12-23-17)18-10-8-16(22)9-11-18/h5-13,15H,4,14H2,1-3H3. The van der Waals surface area contributed by atoms with Crippen LogP contribution in [0.1, 0.15) is 48.6 Å². The summed E-state index contributed by atoms with van der Waals surface area (Å²) in [5, 5.41) is 4.54. The zero-order valence-corrected chi connectivity index (χ0v) is 15.8. The normalized spacial score (nSPS) is 11.0. The Bertz CT molecular complexity index is 904. The van der Waals surface area contributed by atoms with Gasteiger partial charge in [-0.25, -0.2) is 4.39 Å². The minimum absolute atomic E-state index is 0.187. The van der Waals surface area contributed by atoms with E-state index in [1.807, 2.05) is 45.0 Å². The topological polar surface area (TPSA) is 51.0 Å². The van der Waals surface area contributed by atoms with E-state index in [0.29, 0.717) is 17.9 Å². The number of benzene rings is 1. The van der Waals surface area contributed by atoms with Crippen LogP contribution in [0, 0.1) is 5.82 Å². The van der Waals surface area contributed by atoms with Gasteiger partial charge < -0.3 is 4.90 Å². The van der Waals surface area contributed by atoms with Crippen molar-refractivity contribution in [2.24, 2.45) is 0 Å². The number of pyridine rings is 1. The Balaban J connectivity index is 2.01. The maximum absolute atomic E-state index is 13.4. The molecule has 0 unspecified atom stereocenters. The van der Waals surface area contributed by atoms with Crippen LogP contribution in [0.2, 0.25) is 0 Å². The van der Waals surface area contributed by atoms with Crippen LogP contribution in [-0.4, -0.2) is 20.7 Å². The van der Waals surface area contributed by atoms with Crippen molar-refractivity contribution in [1.29, 1.82) is 0 Å². The predicted octanol–water partition coefficient (Wildman–Crippen LogP) is 4.41. The van der Waals surface area contributed by atoms with Crippen LogP contribution in [0.3, 0.4) is 0 Å². The zero-order chi connectivity index (χ0) is 19.4. The van der Waals surface area contributed by atoms with Crippen molar-refractivity contribution < 1.29 is 9.18 Å². The maximum Gasteiger partial charge on any atom is 0.276 e. The molecule has 6 heteroatoms. The van der Waals surface area contributed by atoms with E-state index in [9.17, 15) is 9.18 Å². The Morgan fingerprint density at radius 2 is 1.93 bits per heavy atom. The van der Waals surface area contributed by atoms with E-state index in [2.05, 4.69) is 10.1 Å². The Morgan fingerprint density at radius 3 is 2.52 bits per heavy atom. The number of amides is 1. The van der Waals surface area contributed by atoms with Crippen LogP contribution in [0.25, 0.3) is 0 Å². The molecular formula is C21H23FN4O. The molecule has 0 fully saturated rings. The smallest absolute Gasteiger partial charge is 0.276 e. The number of carbonyl (C=O) groups is 1. The van der Waals surface area contributed by atoms with Gasteiger partial charge in [-0.2, -0.15) is 5.10 Å². The van der Waals surface area contributed by atoms with Crippen molar-refractivity contribution in [1.82, 2.24) is 14.8 Å². The lowest BCUT2D eigenvalue weighted by Crippen LogP contribution is -2.32. The molecule has 0 atom stereocenters. The summed E-state index contributed by atoms with van der Waals surface area (Å²) in [5.41, 5.74) is 2.75. The first-order chi connectivity index (χ1) is 13.0. The molecule has 0 bridgehead atoms. The van der Waals surface area contributed by atoms with E-state index >= 15 is 0 Å². The monoisotopic (exact) mass is 366 g/mol. The third-order valence-electron chi connectivity index (χ3n) is 4.34. The summed E-state index contributed by atoms with van der Waals surface area (Å²) in [5.74, 6) is -0.308. The lowest BCUT2D eigenvalue weighted by molar-refractivity contribution is 0.0974. The van der Waals surface area contributed by atoms with Crippen molar-refractivity contribution in [2.75, 3.05) is 4.90 Å². The van der Waals surface area contributed by atoms with Crippen molar-refractivity contribution in [3.8, 4) is 0 Å². The van der Waals surface area contributed by atoms with Gasteiger partial charge >= 0.3 is 0 Å². The molecule has 2 heterocycles. The van der Waals surface area contributed by atoms with Gasteiger partial charge in [-0.15, -0.1) is 0 Å². The van der Waals surface area contributed by atoms with Gasteiger partial charge in [0.1, 0.15) is 11.5 Å². The molecule has 140 valence electrons. The second-order valence-corrected chi connectivity index (χ2v) is 6.61. The van der Waals surface area contributed by atoms with Crippen LogP contribution in [0.15, 0.2) is 54.7 Å². The third kappa shape index (κ3) is 4.22. The van der Waals surface area contributed by atoms with Crippen LogP contribution < -0.4 is 4.90 Å². The third-order valence-corrected chi connectivity index (χ3v) is 4.34. The van der Waals surface area contributed by atoms with Crippen LogP contribution >= 0.6 is 0 Å². The number of anilines is 1. The molecule has 0 aliphatic rings. The Kier molecular flexibility index (Phi) is 5.64. The molecule has 0 aliphatic heterocycles. The van der Waals surface area contributed by atoms with Crippen molar-refractivity contribution in [2.45, 2.75) is 39.8 Å². The summed E-state index contributed by atoms with van der Waals surface area (Å²) in [4.78, 5) is 19.3. The van der Waals surface area contributed by atoms with Gasteiger partial charge in [-0.3, -0.25) is 14.5 Å². The zero-order valence-electron chi connectivity index (χ0n) is 15.8. The van der Waals surface area contributed by atoms with Crippen LogP contribution in [-0.2, 0) is 13.1 Å². The number of halogens is 1. The molecule has 3 rings (SSSR count). The SMILES string of the molecule is CCn1nc(C(C)C)cc1C(=O)N(Cc1ccccn1)c1ccc(F)cc1. The lowest BCUT2D eigenvalue weighted by Gasteiger charge is -2.23. The average molecular weight is 366 g/mol. The fourth-order valence-electron chi connectivity index (χ4n) is 2.83. The summed E-state index contributed by atoms with van der Waals surface area (Å²) in [6, 6.07) is 13.3. The highest BCUT2D eigenvalue weighted by Gasteiger charge is 2.24. The Morgan fingerprint density at radius 1 is 1.19 bits per heavy atom. The van der Waals surface area contributed by atoms with Crippen LogP contribution in [0.4, 0.5) is 10.1 Å². The van der Waals surface area contributed by atoms with E-state index in [-0.39, 0.29) is 24.2 Å². The molecule has 0 spiro atoms. The van der Waals surface area contributed by atoms with Crippen molar-refractivity contribution >= 4 is 11.6 Å². The quantitative estimate of drug-likeness (QED) is 0.649. The molecule has 0 radical (unpaired) electrons. The first kappa shape index (κ1) is 18.8. The second kappa shape index (κ2) is 8.12. The number of rotatable bonds is 6. The summed E-state index contributed by atoms with van der Waals surface area (Å²) in [7, 11) is 0. The number of aromatic nitrogens is 3. The fraction of sp³-hybridized carbons (Fsp3) is 0.286. The molecule has 0 aliphatic carbocycles. The van der Waals surface area contributed by atoms with Gasteiger partial charge in [0.15, 0.2) is 0 Å². The van der Waals surface area contributed by atoms with Gasteiger partial charge in [-0.1, -0.05) is 19.9 Å². The molecule has 27 heavy (non-hydrogen) atoms. The minimum Gasteiger partial charge on any atom is -0.301 e. The summed E-state index contributed by atoms with van der Waals surface area (Å²) >= 11 is 0. The second-order valence-electron chi connectivity index (χ2n) is 6.61. The number of nitrogens with zero attached hydrogens (tertiary/aromatic N) is 4. The van der Waals surface area contributed by atoms with Gasteiger partial charge in [-0.05, 0) is 55.3 Å². The molecule has 1 aromatic carbocycles. The molecular weight excluding hydrogens is 343 g/mol. The Hall–Kier alpha value is -3.02. The Labute approximate surface area is 158 Å². The van der Waals surface area contributed by atoms with Gasteiger partial charge in [0, 0.05) is 18.4 Å². The van der Waals surface area contributed by atoms with E-state index in [0.717, 1.165) is 11.4 Å². The van der Waals surface area contributed by atoms with Crippen molar-refractivity contribution in [3.05, 3.63) is 77.6 Å². The van der Waals surface area contributed by atoms with E-state index in [4.69, 9.17) is 0 Å². The molecule has 3 aromatic rings. The van der Waals surface area contributed by atoms with E-state index < -0.39 is 0 Å². The molecule has 2 aromatic heterocycles. The lowest BCUT2D eigenvalue weighted by atomic mass is 10.1. The average Bonchev–Trinajstić information content (AvgIpc) is 3.12. The maximum atomic E-state index is 13.4. The highest BCUT2D eigenvalue weighted by atomic mass is 19.1. The van der Waals surface area contributed by atoms with Gasteiger partial charge in [0.25, 0.3) is 5.91 Å². The highest BCUT2D eigenvalue weighted by Crippen LogP contribution is 2.22. The number of carbonyl (C=O) groups excluding carboxylic acids is 1. The molecule has 1 amide bonds. The number of hydrogen-bond donors (Lipinski definition) is 0. The highest BCUT2D eigenvalue weighted by molar-refractivity contribution is 6.05. The first-order valence-corrected chi connectivity index (χ1v) is 9.04. The largest absolute Gasteiger partial charge is 0.301 e. The molecule has 5 nitrogen and oxygen atoms in total. The van der Waals surface area contributed by atoms with E-state index in [1.54, 1.807) is 27.9 Å². The van der Waals surface area contributed by atoms with Crippen molar-refractivity contribution in [3.63, 3.8) is 0 Å². The predicted molar refractivity (Wildman–Crippen MR) is 103 cm³/mol. The summed E-state index contributed by atoms with van der Waals surface area (Å²) in [6.07, 6.45) is 1.69.